The molecule has 0 radical (unpaired) electrons. The molecule has 4 nitrogen and oxygen atoms in total. The fourth-order valence-electron chi connectivity index (χ4n) is 4.64. The van der Waals surface area contributed by atoms with Gasteiger partial charge in [-0.3, -0.25) is 0 Å². The quantitative estimate of drug-likeness (QED) is 0.254. The monoisotopic (exact) mass is 493 g/mol. The number of fused-ring (bicyclic) bond motifs is 4. The maximum atomic E-state index is 6.55. The Hall–Kier alpha value is -3.38. The third-order valence-electron chi connectivity index (χ3n) is 6.36. The Morgan fingerprint density at radius 2 is 1.67 bits per heavy atom. The van der Waals surface area contributed by atoms with Crippen molar-refractivity contribution in [3.63, 3.8) is 0 Å². The van der Waals surface area contributed by atoms with Crippen molar-refractivity contribution in [3.8, 4) is 17.1 Å². The topological polar surface area (TPSA) is 43.9 Å². The second-order valence-corrected chi connectivity index (χ2v) is 20.3. The molecule has 0 spiro atoms. The van der Waals surface area contributed by atoms with Crippen molar-refractivity contribution in [2.24, 2.45) is 0 Å². The van der Waals surface area contributed by atoms with Crippen molar-refractivity contribution in [1.82, 2.24) is 14.5 Å². The third kappa shape index (κ3) is 3.20. The van der Waals surface area contributed by atoms with E-state index in [9.17, 15) is 0 Å². The molecule has 3 heterocycles. The normalized spacial score (nSPS) is 12.2. The van der Waals surface area contributed by atoms with Gasteiger partial charge < -0.3 is 0 Å². The number of benzene rings is 3. The van der Waals surface area contributed by atoms with E-state index in [0.717, 1.165) is 55.6 Å². The van der Waals surface area contributed by atoms with Crippen LogP contribution in [0.4, 0.5) is 0 Å². The number of hydrogen-bond donors (Lipinski definition) is 0. The van der Waals surface area contributed by atoms with Gasteiger partial charge in [-0.2, -0.15) is 0 Å². The summed E-state index contributed by atoms with van der Waals surface area (Å²) in [5, 5.41) is 2.28. The Morgan fingerprint density at radius 3 is 2.45 bits per heavy atom. The van der Waals surface area contributed by atoms with Gasteiger partial charge in [-0.05, 0) is 0 Å². The zero-order valence-electron chi connectivity index (χ0n) is 19.3. The Bertz CT molecular complexity index is 1660. The van der Waals surface area contributed by atoms with Gasteiger partial charge >= 0.3 is 196 Å². The van der Waals surface area contributed by atoms with Gasteiger partial charge in [0.2, 0.25) is 0 Å². The second kappa shape index (κ2) is 7.32. The summed E-state index contributed by atoms with van der Waals surface area (Å²) < 4.78 is 10.2. The zero-order valence-corrected chi connectivity index (χ0v) is 21.4. The molecule has 0 amide bonds. The number of hydrogen-bond acceptors (Lipinski definition) is 3. The predicted molar refractivity (Wildman–Crippen MR) is 139 cm³/mol. The number of pyridine rings is 1. The molecular weight excluding hydrogens is 467 g/mol. The van der Waals surface area contributed by atoms with Gasteiger partial charge in [-0.1, -0.05) is 0 Å². The summed E-state index contributed by atoms with van der Waals surface area (Å²) in [6.45, 7) is 2.08. The summed E-state index contributed by atoms with van der Waals surface area (Å²) in [5.41, 5.74) is 6.93. The van der Waals surface area contributed by atoms with E-state index < -0.39 is 13.3 Å². The first kappa shape index (κ1) is 20.2. The van der Waals surface area contributed by atoms with E-state index in [0.29, 0.717) is 0 Å². The van der Waals surface area contributed by atoms with Crippen molar-refractivity contribution < 1.29 is 4.42 Å². The molecule has 6 aromatic rings. The van der Waals surface area contributed by atoms with Crippen LogP contribution in [0.1, 0.15) is 5.56 Å². The average molecular weight is 492 g/mol. The van der Waals surface area contributed by atoms with Gasteiger partial charge in [0.15, 0.2) is 0 Å². The summed E-state index contributed by atoms with van der Waals surface area (Å²) >= 11 is -1.97. The molecule has 0 unspecified atom stereocenters. The summed E-state index contributed by atoms with van der Waals surface area (Å²) in [7, 11) is 0. The van der Waals surface area contributed by atoms with Crippen LogP contribution in [-0.2, 0) is 0 Å². The molecule has 0 fully saturated rings. The second-order valence-electron chi connectivity index (χ2n) is 9.68. The van der Waals surface area contributed by atoms with Crippen LogP contribution in [0.25, 0.3) is 50.0 Å². The number of aryl methyl sites for hydroxylation is 1. The van der Waals surface area contributed by atoms with Crippen molar-refractivity contribution in [1.29, 1.82) is 0 Å². The van der Waals surface area contributed by atoms with Gasteiger partial charge in [0, 0.05) is 0 Å². The van der Waals surface area contributed by atoms with Crippen LogP contribution >= 0.6 is 0 Å². The Kier molecular flexibility index (Phi) is 4.49. The molecule has 0 atom stereocenters. The number of furan rings is 1. The van der Waals surface area contributed by atoms with Gasteiger partial charge in [-0.15, -0.1) is 0 Å². The minimum atomic E-state index is -1.97. The minimum absolute atomic E-state index is 0.866. The van der Waals surface area contributed by atoms with Crippen LogP contribution in [0.15, 0.2) is 83.5 Å². The Balaban J connectivity index is 1.69. The van der Waals surface area contributed by atoms with E-state index in [1.165, 1.54) is 4.40 Å². The van der Waals surface area contributed by atoms with E-state index in [1.807, 2.05) is 18.5 Å². The van der Waals surface area contributed by atoms with Gasteiger partial charge in [0.1, 0.15) is 0 Å². The van der Waals surface area contributed by atoms with Gasteiger partial charge in [0.05, 0.1) is 0 Å². The molecule has 3 aromatic carbocycles. The van der Waals surface area contributed by atoms with Crippen molar-refractivity contribution in [2.45, 2.75) is 24.2 Å². The fourth-order valence-corrected chi connectivity index (χ4v) is 7.04. The Morgan fingerprint density at radius 1 is 0.848 bits per heavy atom. The van der Waals surface area contributed by atoms with Crippen LogP contribution in [-0.4, -0.2) is 27.8 Å². The first-order valence-electron chi connectivity index (χ1n) is 11.3. The van der Waals surface area contributed by atoms with Crippen LogP contribution in [0.3, 0.4) is 0 Å². The molecule has 0 aliphatic rings. The van der Waals surface area contributed by atoms with E-state index in [1.54, 1.807) is 0 Å². The van der Waals surface area contributed by atoms with Crippen LogP contribution < -0.4 is 4.40 Å². The summed E-state index contributed by atoms with van der Waals surface area (Å²) in [6.07, 6.45) is 3.74. The fraction of sp³-hybridized carbons (Fsp3) is 0.143. The molecule has 0 saturated heterocycles. The van der Waals surface area contributed by atoms with E-state index in [-0.39, 0.29) is 0 Å². The van der Waals surface area contributed by atoms with Gasteiger partial charge in [-0.25, -0.2) is 0 Å². The zero-order chi connectivity index (χ0) is 22.7. The summed E-state index contributed by atoms with van der Waals surface area (Å²) in [5.74, 6) is 8.10. The van der Waals surface area contributed by atoms with E-state index in [2.05, 4.69) is 94.4 Å². The molecule has 0 aliphatic carbocycles. The molecule has 33 heavy (non-hydrogen) atoms. The molecule has 6 rings (SSSR count). The average Bonchev–Trinajstić information content (AvgIpc) is 3.38. The molecule has 0 bridgehead atoms. The molecular formula is C28H25GeN3O. The van der Waals surface area contributed by atoms with Crippen molar-refractivity contribution in [2.75, 3.05) is 0 Å². The molecule has 3 aromatic heterocycles. The number of imidazole rings is 1. The van der Waals surface area contributed by atoms with Crippen LogP contribution in [0, 0.1) is 6.92 Å². The predicted octanol–water partition coefficient (Wildman–Crippen LogP) is 6.84. The number of aromatic nitrogens is 3. The number of nitrogens with zero attached hydrogens (tertiary/aromatic N) is 3. The molecule has 0 aliphatic heterocycles. The number of rotatable bonds is 3. The van der Waals surface area contributed by atoms with E-state index in [4.69, 9.17) is 9.40 Å². The van der Waals surface area contributed by atoms with Crippen LogP contribution in [0.2, 0.25) is 17.3 Å². The van der Waals surface area contributed by atoms with E-state index >= 15 is 0 Å². The molecule has 0 N–H and O–H groups in total. The maximum absolute atomic E-state index is 6.55. The SMILES string of the molecule is Cc1cncc2nc(-c3cccc4c3oc3c[c]([Ge]([CH3])([CH3])[CH3])ccc34)n(-c3ccccc3)c12. The number of para-hydroxylation sites is 2. The van der Waals surface area contributed by atoms with Crippen molar-refractivity contribution in [3.05, 3.63) is 84.7 Å². The van der Waals surface area contributed by atoms with Crippen molar-refractivity contribution >= 4 is 50.6 Å². The summed E-state index contributed by atoms with van der Waals surface area (Å²) in [6, 6.07) is 23.5. The third-order valence-corrected chi connectivity index (χ3v) is 10.6. The first-order valence-corrected chi connectivity index (χ1v) is 18.6. The Labute approximate surface area is 195 Å². The van der Waals surface area contributed by atoms with Gasteiger partial charge in [0.25, 0.3) is 0 Å². The molecule has 162 valence electrons. The standard InChI is InChI=1S/C28H25GeN3O/c1-18-16-30-17-24-26(18)32(20-9-6-5-7-10-20)28(31-24)23-12-8-11-22-21-14-13-19(29(2,3)4)15-25(21)33-27(22)23/h5-17H,1-4H3. The first-order chi connectivity index (χ1) is 15.9. The molecule has 0 saturated carbocycles. The summed E-state index contributed by atoms with van der Waals surface area (Å²) in [4.78, 5) is 9.44. The molecule has 5 heteroatoms. The van der Waals surface area contributed by atoms with Crippen LogP contribution in [0.5, 0.6) is 0 Å².